The highest BCUT2D eigenvalue weighted by molar-refractivity contribution is 7.15. The Bertz CT molecular complexity index is 556. The fourth-order valence-electron chi connectivity index (χ4n) is 2.29. The summed E-state index contributed by atoms with van der Waals surface area (Å²) in [5, 5.41) is 3.42. The van der Waals surface area contributed by atoms with Crippen LogP contribution in [0.1, 0.15) is 43.3 Å². The maximum atomic E-state index is 5.61. The number of aryl methyl sites for hydroxylation is 2. The second-order valence-electron chi connectivity index (χ2n) is 6.16. The van der Waals surface area contributed by atoms with Crippen LogP contribution in [0.2, 0.25) is 0 Å². The topological polar surface area (TPSA) is 38.1 Å². The Balaban J connectivity index is 1.73. The summed E-state index contributed by atoms with van der Waals surface area (Å²) in [6.07, 6.45) is 5.50. The molecule has 0 saturated heterocycles. The summed E-state index contributed by atoms with van der Waals surface area (Å²) in [6, 6.07) is 2.25. The van der Waals surface area contributed by atoms with Gasteiger partial charge in [0.25, 0.3) is 0 Å². The summed E-state index contributed by atoms with van der Waals surface area (Å²) in [6.45, 7) is 7.20. The third-order valence-corrected chi connectivity index (χ3v) is 4.53. The van der Waals surface area contributed by atoms with Crippen LogP contribution < -0.4 is 5.32 Å². The number of hydrogen-bond acceptors (Lipinski definition) is 4. The number of nitrogens with one attached hydrogen (secondary N) is 1. The van der Waals surface area contributed by atoms with Crippen molar-refractivity contribution in [3.8, 4) is 10.8 Å². The first-order valence-corrected chi connectivity index (χ1v) is 7.64. The van der Waals surface area contributed by atoms with Crippen molar-refractivity contribution < 1.29 is 4.42 Å². The molecule has 0 unspecified atom stereocenters. The van der Waals surface area contributed by atoms with Crippen LogP contribution >= 0.6 is 11.3 Å². The monoisotopic (exact) mass is 276 g/mol. The molecule has 0 amide bonds. The lowest BCUT2D eigenvalue weighted by molar-refractivity contribution is 0.421. The quantitative estimate of drug-likeness (QED) is 0.927. The summed E-state index contributed by atoms with van der Waals surface area (Å²) < 4.78 is 5.61. The standard InChI is InChI=1S/C15H20N2OS/c1-15(2,3)16-8-11-9-18-14(17-11)13-7-10-5-4-6-12(10)19-13/h7,9,16H,4-6,8H2,1-3H3. The van der Waals surface area contributed by atoms with Crippen molar-refractivity contribution in [3.05, 3.63) is 28.5 Å². The van der Waals surface area contributed by atoms with Crippen molar-refractivity contribution in [3.63, 3.8) is 0 Å². The zero-order chi connectivity index (χ0) is 13.5. The zero-order valence-electron chi connectivity index (χ0n) is 11.7. The molecule has 0 saturated carbocycles. The van der Waals surface area contributed by atoms with Crippen molar-refractivity contribution in [2.75, 3.05) is 0 Å². The van der Waals surface area contributed by atoms with E-state index in [1.54, 1.807) is 6.26 Å². The van der Waals surface area contributed by atoms with Gasteiger partial charge in [-0.1, -0.05) is 0 Å². The number of rotatable bonds is 3. The highest BCUT2D eigenvalue weighted by atomic mass is 32.1. The van der Waals surface area contributed by atoms with Gasteiger partial charge in [0.05, 0.1) is 10.6 Å². The first kappa shape index (κ1) is 12.9. The molecule has 4 heteroatoms. The van der Waals surface area contributed by atoms with Crippen LogP contribution in [0, 0.1) is 0 Å². The Labute approximate surface area is 118 Å². The molecule has 0 bridgehead atoms. The van der Waals surface area contributed by atoms with Crippen LogP contribution in [-0.2, 0) is 19.4 Å². The van der Waals surface area contributed by atoms with Crippen LogP contribution in [-0.4, -0.2) is 10.5 Å². The van der Waals surface area contributed by atoms with E-state index in [0.717, 1.165) is 18.1 Å². The molecule has 1 aliphatic carbocycles. The molecule has 0 aliphatic heterocycles. The van der Waals surface area contributed by atoms with Gasteiger partial charge in [0.1, 0.15) is 6.26 Å². The largest absolute Gasteiger partial charge is 0.444 e. The predicted molar refractivity (Wildman–Crippen MR) is 78.4 cm³/mol. The van der Waals surface area contributed by atoms with Gasteiger partial charge in [-0.15, -0.1) is 11.3 Å². The van der Waals surface area contributed by atoms with Crippen LogP contribution in [0.25, 0.3) is 10.8 Å². The van der Waals surface area contributed by atoms with Gasteiger partial charge in [-0.25, -0.2) is 4.98 Å². The number of oxazole rings is 1. The summed E-state index contributed by atoms with van der Waals surface area (Å²) in [4.78, 5) is 7.27. The average molecular weight is 276 g/mol. The van der Waals surface area contributed by atoms with Crippen molar-refractivity contribution in [2.45, 2.75) is 52.1 Å². The number of aromatic nitrogens is 1. The molecule has 3 nitrogen and oxygen atoms in total. The lowest BCUT2D eigenvalue weighted by Gasteiger charge is -2.19. The van der Waals surface area contributed by atoms with E-state index in [9.17, 15) is 0 Å². The summed E-state index contributed by atoms with van der Waals surface area (Å²) in [5.74, 6) is 0.769. The molecule has 0 fully saturated rings. The summed E-state index contributed by atoms with van der Waals surface area (Å²) in [7, 11) is 0. The average Bonchev–Trinajstić information content (AvgIpc) is 2.99. The molecule has 0 atom stereocenters. The molecule has 0 spiro atoms. The highest BCUT2D eigenvalue weighted by Gasteiger charge is 2.18. The number of nitrogens with zero attached hydrogens (tertiary/aromatic N) is 1. The Morgan fingerprint density at radius 1 is 1.37 bits per heavy atom. The van der Waals surface area contributed by atoms with E-state index in [1.807, 2.05) is 11.3 Å². The molecule has 2 aromatic heterocycles. The molecule has 3 rings (SSSR count). The smallest absolute Gasteiger partial charge is 0.236 e. The molecule has 2 heterocycles. The Kier molecular flexibility index (Phi) is 3.23. The van der Waals surface area contributed by atoms with Gasteiger partial charge < -0.3 is 9.73 Å². The molecule has 1 N–H and O–H groups in total. The van der Waals surface area contributed by atoms with Crippen LogP contribution in [0.4, 0.5) is 0 Å². The molecule has 2 aromatic rings. The minimum Gasteiger partial charge on any atom is -0.444 e. The van der Waals surface area contributed by atoms with E-state index < -0.39 is 0 Å². The molecule has 0 aromatic carbocycles. The van der Waals surface area contributed by atoms with Gasteiger partial charge in [-0.05, 0) is 51.7 Å². The van der Waals surface area contributed by atoms with Crippen LogP contribution in [0.5, 0.6) is 0 Å². The molecule has 102 valence electrons. The van der Waals surface area contributed by atoms with Crippen molar-refractivity contribution in [2.24, 2.45) is 0 Å². The third-order valence-electron chi connectivity index (χ3n) is 3.31. The third kappa shape index (κ3) is 2.90. The molecule has 19 heavy (non-hydrogen) atoms. The van der Waals surface area contributed by atoms with E-state index in [2.05, 4.69) is 37.1 Å². The summed E-state index contributed by atoms with van der Waals surface area (Å²) >= 11 is 1.84. The fourth-order valence-corrected chi connectivity index (χ4v) is 3.48. The molecule has 0 radical (unpaired) electrons. The van der Waals surface area contributed by atoms with Gasteiger partial charge in [-0.3, -0.25) is 0 Å². The lowest BCUT2D eigenvalue weighted by Crippen LogP contribution is -2.35. The van der Waals surface area contributed by atoms with Crippen LogP contribution in [0.15, 0.2) is 16.7 Å². The normalized spacial score (nSPS) is 14.9. The first-order chi connectivity index (χ1) is 9.01. The minimum atomic E-state index is 0.100. The number of fused-ring (bicyclic) bond motifs is 1. The zero-order valence-corrected chi connectivity index (χ0v) is 12.6. The molecule has 1 aliphatic rings. The Hall–Kier alpha value is -1.13. The Morgan fingerprint density at radius 3 is 2.95 bits per heavy atom. The maximum absolute atomic E-state index is 5.61. The molecular formula is C15H20N2OS. The highest BCUT2D eigenvalue weighted by Crippen LogP contribution is 2.36. The van der Waals surface area contributed by atoms with Gasteiger partial charge in [0.2, 0.25) is 5.89 Å². The minimum absolute atomic E-state index is 0.100. The number of thiophene rings is 1. The first-order valence-electron chi connectivity index (χ1n) is 6.83. The predicted octanol–water partition coefficient (Wildman–Crippen LogP) is 3.78. The van der Waals surface area contributed by atoms with Gasteiger partial charge in [0, 0.05) is 17.0 Å². The summed E-state index contributed by atoms with van der Waals surface area (Å²) in [5.41, 5.74) is 2.56. The van der Waals surface area contributed by atoms with E-state index in [1.165, 1.54) is 34.6 Å². The second kappa shape index (κ2) is 4.76. The maximum Gasteiger partial charge on any atom is 0.236 e. The van der Waals surface area contributed by atoms with E-state index in [-0.39, 0.29) is 5.54 Å². The van der Waals surface area contributed by atoms with Gasteiger partial charge in [0.15, 0.2) is 0 Å². The fraction of sp³-hybridized carbons (Fsp3) is 0.533. The van der Waals surface area contributed by atoms with Crippen molar-refractivity contribution >= 4 is 11.3 Å². The van der Waals surface area contributed by atoms with Crippen LogP contribution in [0.3, 0.4) is 0 Å². The van der Waals surface area contributed by atoms with Gasteiger partial charge in [-0.2, -0.15) is 0 Å². The Morgan fingerprint density at radius 2 is 2.21 bits per heavy atom. The number of hydrogen-bond donors (Lipinski definition) is 1. The SMILES string of the molecule is CC(C)(C)NCc1coc(-c2cc3c(s2)CCC3)n1. The van der Waals surface area contributed by atoms with E-state index >= 15 is 0 Å². The van der Waals surface area contributed by atoms with E-state index in [0.29, 0.717) is 0 Å². The molecular weight excluding hydrogens is 256 g/mol. The van der Waals surface area contributed by atoms with E-state index in [4.69, 9.17) is 4.42 Å². The van der Waals surface area contributed by atoms with Gasteiger partial charge >= 0.3 is 0 Å². The van der Waals surface area contributed by atoms with Crippen molar-refractivity contribution in [1.82, 2.24) is 10.3 Å². The second-order valence-corrected chi connectivity index (χ2v) is 7.30. The lowest BCUT2D eigenvalue weighted by atomic mass is 10.1. The van der Waals surface area contributed by atoms with Crippen molar-refractivity contribution in [1.29, 1.82) is 0 Å².